The van der Waals surface area contributed by atoms with Crippen molar-refractivity contribution < 1.29 is 9.47 Å². The molecule has 1 unspecified atom stereocenters. The summed E-state index contributed by atoms with van der Waals surface area (Å²) in [6, 6.07) is 8.48. The Morgan fingerprint density at radius 1 is 1.24 bits per heavy atom. The van der Waals surface area contributed by atoms with E-state index in [2.05, 4.69) is 42.3 Å². The number of pyridine rings is 1. The number of nitrogens with one attached hydrogen (secondary N) is 1. The molecule has 2 aromatic rings. The largest absolute Gasteiger partial charge is 0.454 e. The van der Waals surface area contributed by atoms with Crippen LogP contribution >= 0.6 is 0 Å². The van der Waals surface area contributed by atoms with Crippen molar-refractivity contribution in [3.05, 3.63) is 53.3 Å². The van der Waals surface area contributed by atoms with Crippen molar-refractivity contribution in [3.8, 4) is 11.5 Å². The Kier molecular flexibility index (Phi) is 4.06. The fourth-order valence-corrected chi connectivity index (χ4v) is 2.51. The molecule has 1 aliphatic heterocycles. The fraction of sp³-hybridized carbons (Fsp3) is 0.353. The summed E-state index contributed by atoms with van der Waals surface area (Å²) in [6.45, 7) is 5.52. The lowest BCUT2D eigenvalue weighted by molar-refractivity contribution is 0.174. The van der Waals surface area contributed by atoms with Crippen molar-refractivity contribution in [2.45, 2.75) is 26.3 Å². The standard InChI is InChI=1S/C17H20N2O2/c1-12-10-18-7-5-14(12)6-8-19-13(2)15-3-4-16-17(9-15)21-11-20-16/h3-5,7,9-10,13,19H,6,8,11H2,1-2H3. The highest BCUT2D eigenvalue weighted by Crippen LogP contribution is 2.34. The topological polar surface area (TPSA) is 43.4 Å². The molecule has 0 aliphatic carbocycles. The Bertz CT molecular complexity index is 628. The normalized spacial score (nSPS) is 14.2. The smallest absolute Gasteiger partial charge is 0.231 e. The van der Waals surface area contributed by atoms with E-state index in [4.69, 9.17) is 9.47 Å². The van der Waals surface area contributed by atoms with Crippen molar-refractivity contribution in [2.24, 2.45) is 0 Å². The van der Waals surface area contributed by atoms with Gasteiger partial charge in [-0.05, 0) is 61.7 Å². The number of fused-ring (bicyclic) bond motifs is 1. The molecule has 1 aromatic heterocycles. The quantitative estimate of drug-likeness (QED) is 0.916. The molecule has 0 radical (unpaired) electrons. The molecule has 21 heavy (non-hydrogen) atoms. The molecule has 0 amide bonds. The minimum Gasteiger partial charge on any atom is -0.454 e. The van der Waals surface area contributed by atoms with Crippen molar-refractivity contribution >= 4 is 0 Å². The number of benzene rings is 1. The van der Waals surface area contributed by atoms with Gasteiger partial charge in [-0.3, -0.25) is 4.98 Å². The monoisotopic (exact) mass is 284 g/mol. The van der Waals surface area contributed by atoms with Gasteiger partial charge in [0.25, 0.3) is 0 Å². The minimum absolute atomic E-state index is 0.279. The van der Waals surface area contributed by atoms with Gasteiger partial charge in [0, 0.05) is 18.4 Å². The van der Waals surface area contributed by atoms with Crippen LogP contribution in [0.3, 0.4) is 0 Å². The number of aryl methyl sites for hydroxylation is 1. The van der Waals surface area contributed by atoms with Crippen LogP contribution in [0.25, 0.3) is 0 Å². The third kappa shape index (κ3) is 3.16. The fourth-order valence-electron chi connectivity index (χ4n) is 2.51. The van der Waals surface area contributed by atoms with E-state index in [0.29, 0.717) is 6.79 Å². The van der Waals surface area contributed by atoms with Crippen LogP contribution < -0.4 is 14.8 Å². The molecule has 1 aromatic carbocycles. The number of rotatable bonds is 5. The molecule has 0 spiro atoms. The molecule has 110 valence electrons. The molecule has 3 rings (SSSR count). The maximum Gasteiger partial charge on any atom is 0.231 e. The summed E-state index contributed by atoms with van der Waals surface area (Å²) >= 11 is 0. The molecule has 1 atom stereocenters. The lowest BCUT2D eigenvalue weighted by Gasteiger charge is -2.15. The van der Waals surface area contributed by atoms with Gasteiger partial charge in [0.15, 0.2) is 11.5 Å². The van der Waals surface area contributed by atoms with Gasteiger partial charge in [0.2, 0.25) is 6.79 Å². The second kappa shape index (κ2) is 6.14. The third-order valence-corrected chi connectivity index (χ3v) is 3.88. The first kappa shape index (κ1) is 13.9. The number of ether oxygens (including phenoxy) is 2. The van der Waals surface area contributed by atoms with Crippen LogP contribution in [0.1, 0.15) is 29.7 Å². The number of hydrogen-bond acceptors (Lipinski definition) is 4. The molecule has 1 aliphatic rings. The van der Waals surface area contributed by atoms with Crippen molar-refractivity contribution in [3.63, 3.8) is 0 Å². The van der Waals surface area contributed by atoms with Gasteiger partial charge in [-0.25, -0.2) is 0 Å². The summed E-state index contributed by atoms with van der Waals surface area (Å²) in [7, 11) is 0. The molecule has 4 heteroatoms. The zero-order valence-electron chi connectivity index (χ0n) is 12.4. The van der Waals surface area contributed by atoms with Crippen LogP contribution in [0.15, 0.2) is 36.7 Å². The van der Waals surface area contributed by atoms with Crippen molar-refractivity contribution in [1.82, 2.24) is 10.3 Å². The lowest BCUT2D eigenvalue weighted by Crippen LogP contribution is -2.21. The maximum atomic E-state index is 5.42. The Labute approximate surface area is 125 Å². The number of hydrogen-bond donors (Lipinski definition) is 1. The molecule has 0 saturated carbocycles. The molecular formula is C17H20N2O2. The predicted octanol–water partition coefficient (Wildman–Crippen LogP) is 3.01. The SMILES string of the molecule is Cc1cnccc1CCNC(C)c1ccc2c(c1)OCO2. The van der Waals surface area contributed by atoms with Gasteiger partial charge in [-0.2, -0.15) is 0 Å². The molecular weight excluding hydrogens is 264 g/mol. The van der Waals surface area contributed by atoms with Crippen LogP contribution in [0.4, 0.5) is 0 Å². The van der Waals surface area contributed by atoms with E-state index in [0.717, 1.165) is 24.5 Å². The summed E-state index contributed by atoms with van der Waals surface area (Å²) in [4.78, 5) is 4.12. The first-order valence-corrected chi connectivity index (χ1v) is 7.26. The van der Waals surface area contributed by atoms with Gasteiger partial charge >= 0.3 is 0 Å². The zero-order valence-corrected chi connectivity index (χ0v) is 12.4. The van der Waals surface area contributed by atoms with E-state index >= 15 is 0 Å². The molecule has 2 heterocycles. The summed E-state index contributed by atoms with van der Waals surface area (Å²) in [6.07, 6.45) is 4.77. The Morgan fingerprint density at radius 3 is 2.95 bits per heavy atom. The first-order chi connectivity index (χ1) is 10.2. The second-order valence-electron chi connectivity index (χ2n) is 5.34. The predicted molar refractivity (Wildman–Crippen MR) is 81.7 cm³/mol. The number of aromatic nitrogens is 1. The van der Waals surface area contributed by atoms with Crippen LogP contribution in [0.2, 0.25) is 0 Å². The zero-order chi connectivity index (χ0) is 14.7. The van der Waals surface area contributed by atoms with Crippen LogP contribution in [-0.4, -0.2) is 18.3 Å². The lowest BCUT2D eigenvalue weighted by atomic mass is 10.1. The van der Waals surface area contributed by atoms with E-state index in [1.165, 1.54) is 16.7 Å². The van der Waals surface area contributed by atoms with Crippen LogP contribution in [0.5, 0.6) is 11.5 Å². The van der Waals surface area contributed by atoms with Gasteiger partial charge in [-0.1, -0.05) is 6.07 Å². The molecule has 1 N–H and O–H groups in total. The summed E-state index contributed by atoms with van der Waals surface area (Å²) in [5.41, 5.74) is 3.80. The van der Waals surface area contributed by atoms with E-state index in [-0.39, 0.29) is 6.04 Å². The van der Waals surface area contributed by atoms with Crippen LogP contribution in [0, 0.1) is 6.92 Å². The first-order valence-electron chi connectivity index (χ1n) is 7.26. The minimum atomic E-state index is 0.279. The molecule has 0 saturated heterocycles. The average molecular weight is 284 g/mol. The van der Waals surface area contributed by atoms with Gasteiger partial charge in [0.05, 0.1) is 0 Å². The Morgan fingerprint density at radius 2 is 2.10 bits per heavy atom. The van der Waals surface area contributed by atoms with Gasteiger partial charge in [-0.15, -0.1) is 0 Å². The maximum absolute atomic E-state index is 5.42. The Balaban J connectivity index is 1.57. The second-order valence-corrected chi connectivity index (χ2v) is 5.34. The van der Waals surface area contributed by atoms with Gasteiger partial charge < -0.3 is 14.8 Å². The average Bonchev–Trinajstić information content (AvgIpc) is 2.96. The van der Waals surface area contributed by atoms with E-state index in [1.807, 2.05) is 18.5 Å². The van der Waals surface area contributed by atoms with E-state index in [9.17, 15) is 0 Å². The molecule has 0 fully saturated rings. The summed E-state index contributed by atoms with van der Waals surface area (Å²) < 4.78 is 10.8. The number of nitrogens with zero attached hydrogens (tertiary/aromatic N) is 1. The van der Waals surface area contributed by atoms with E-state index < -0.39 is 0 Å². The summed E-state index contributed by atoms with van der Waals surface area (Å²) in [5.74, 6) is 1.67. The third-order valence-electron chi connectivity index (χ3n) is 3.88. The molecule has 0 bridgehead atoms. The summed E-state index contributed by atoms with van der Waals surface area (Å²) in [5, 5.41) is 3.55. The van der Waals surface area contributed by atoms with Gasteiger partial charge in [0.1, 0.15) is 0 Å². The highest BCUT2D eigenvalue weighted by atomic mass is 16.7. The van der Waals surface area contributed by atoms with E-state index in [1.54, 1.807) is 0 Å². The van der Waals surface area contributed by atoms with Crippen molar-refractivity contribution in [2.75, 3.05) is 13.3 Å². The molecule has 4 nitrogen and oxygen atoms in total. The Hall–Kier alpha value is -2.07. The van der Waals surface area contributed by atoms with Crippen LogP contribution in [-0.2, 0) is 6.42 Å². The van der Waals surface area contributed by atoms with Crippen molar-refractivity contribution in [1.29, 1.82) is 0 Å². The highest BCUT2D eigenvalue weighted by molar-refractivity contribution is 5.45. The highest BCUT2D eigenvalue weighted by Gasteiger charge is 2.15.